The highest BCUT2D eigenvalue weighted by Gasteiger charge is 2.30. The Labute approximate surface area is 147 Å². The number of benzene rings is 1. The van der Waals surface area contributed by atoms with E-state index in [4.69, 9.17) is 4.74 Å². The number of aryl methyl sites for hydroxylation is 1. The van der Waals surface area contributed by atoms with Crippen LogP contribution < -0.4 is 9.64 Å². The van der Waals surface area contributed by atoms with Crippen LogP contribution in [0.15, 0.2) is 18.2 Å². The maximum Gasteiger partial charge on any atom is 0.422 e. The molecule has 140 valence electrons. The maximum absolute atomic E-state index is 12.5. The number of piperazine rings is 1. The Bertz CT molecular complexity index is 562. The molecule has 25 heavy (non-hydrogen) atoms. The largest absolute Gasteiger partial charge is 0.482 e. The van der Waals surface area contributed by atoms with Crippen LogP contribution in [0.4, 0.5) is 18.9 Å². The van der Waals surface area contributed by atoms with E-state index < -0.39 is 12.8 Å². The van der Waals surface area contributed by atoms with Crippen molar-refractivity contribution >= 4 is 5.69 Å². The molecule has 0 atom stereocenters. The zero-order valence-corrected chi connectivity index (χ0v) is 14.8. The van der Waals surface area contributed by atoms with Crippen molar-refractivity contribution in [1.29, 1.82) is 0 Å². The monoisotopic (exact) mass is 356 g/mol. The molecule has 1 saturated carbocycles. The summed E-state index contributed by atoms with van der Waals surface area (Å²) in [6.07, 6.45) is 2.23. The maximum atomic E-state index is 12.5. The Kier molecular flexibility index (Phi) is 5.77. The van der Waals surface area contributed by atoms with Crippen molar-refractivity contribution in [2.75, 3.05) is 37.7 Å². The van der Waals surface area contributed by atoms with Crippen molar-refractivity contribution < 1.29 is 17.9 Å². The van der Waals surface area contributed by atoms with Gasteiger partial charge in [0.15, 0.2) is 6.61 Å². The Morgan fingerprint density at radius 3 is 2.36 bits per heavy atom. The summed E-state index contributed by atoms with van der Waals surface area (Å²) >= 11 is 0. The standard InChI is InChI=1S/C19H27F3N2O/c1-15-7-8-18(25-14-19(20,21)22)17(13-15)24-11-9-23(10-12-24)16-5-3-2-4-6-16/h7-8,13,16H,2-6,9-12,14H2,1H3. The van der Waals surface area contributed by atoms with Crippen molar-refractivity contribution in [2.24, 2.45) is 0 Å². The van der Waals surface area contributed by atoms with Crippen LogP contribution in [0.2, 0.25) is 0 Å². The summed E-state index contributed by atoms with van der Waals surface area (Å²) < 4.78 is 42.6. The molecule has 1 aromatic carbocycles. The van der Waals surface area contributed by atoms with Gasteiger partial charge < -0.3 is 9.64 Å². The lowest BCUT2D eigenvalue weighted by atomic mass is 9.94. The second kappa shape index (κ2) is 7.85. The average molecular weight is 356 g/mol. The fourth-order valence-electron chi connectivity index (χ4n) is 3.93. The van der Waals surface area contributed by atoms with E-state index in [9.17, 15) is 13.2 Å². The van der Waals surface area contributed by atoms with E-state index in [1.165, 1.54) is 32.1 Å². The average Bonchev–Trinajstić information content (AvgIpc) is 2.61. The normalized spacial score (nSPS) is 20.7. The fourth-order valence-corrected chi connectivity index (χ4v) is 3.93. The molecule has 6 heteroatoms. The predicted octanol–water partition coefficient (Wildman–Crippen LogP) is 4.39. The number of alkyl halides is 3. The summed E-state index contributed by atoms with van der Waals surface area (Å²) in [4.78, 5) is 4.72. The Morgan fingerprint density at radius 1 is 1.04 bits per heavy atom. The van der Waals surface area contributed by atoms with Gasteiger partial charge in [-0.05, 0) is 37.5 Å². The van der Waals surface area contributed by atoms with Crippen LogP contribution in [0.25, 0.3) is 0 Å². The lowest BCUT2D eigenvalue weighted by Gasteiger charge is -2.42. The molecule has 1 aliphatic carbocycles. The molecule has 1 heterocycles. The van der Waals surface area contributed by atoms with Crippen molar-refractivity contribution in [3.63, 3.8) is 0 Å². The van der Waals surface area contributed by atoms with E-state index in [0.717, 1.165) is 37.4 Å². The summed E-state index contributed by atoms with van der Waals surface area (Å²) in [7, 11) is 0. The first-order chi connectivity index (χ1) is 11.9. The highest BCUT2D eigenvalue weighted by atomic mass is 19.4. The second-order valence-corrected chi connectivity index (χ2v) is 7.19. The Balaban J connectivity index is 1.64. The molecule has 2 aliphatic rings. The minimum absolute atomic E-state index is 0.328. The van der Waals surface area contributed by atoms with Crippen LogP contribution in [-0.2, 0) is 0 Å². The predicted molar refractivity (Wildman–Crippen MR) is 93.4 cm³/mol. The first-order valence-electron chi connectivity index (χ1n) is 9.21. The summed E-state index contributed by atoms with van der Waals surface area (Å²) in [5.41, 5.74) is 1.82. The van der Waals surface area contributed by atoms with Crippen LogP contribution in [0.3, 0.4) is 0 Å². The van der Waals surface area contributed by atoms with Gasteiger partial charge in [0.05, 0.1) is 5.69 Å². The van der Waals surface area contributed by atoms with Crippen LogP contribution in [0, 0.1) is 6.92 Å². The lowest BCUT2D eigenvalue weighted by Crippen LogP contribution is -2.51. The van der Waals surface area contributed by atoms with Gasteiger partial charge in [0.2, 0.25) is 0 Å². The molecule has 3 rings (SSSR count). The van der Waals surface area contributed by atoms with Gasteiger partial charge in [-0.1, -0.05) is 25.3 Å². The van der Waals surface area contributed by atoms with Gasteiger partial charge in [0.25, 0.3) is 0 Å². The van der Waals surface area contributed by atoms with Crippen LogP contribution in [0.1, 0.15) is 37.7 Å². The Hall–Kier alpha value is -1.43. The molecular formula is C19H27F3N2O. The lowest BCUT2D eigenvalue weighted by molar-refractivity contribution is -0.153. The molecule has 0 bridgehead atoms. The highest BCUT2D eigenvalue weighted by molar-refractivity contribution is 5.60. The quantitative estimate of drug-likeness (QED) is 0.796. The van der Waals surface area contributed by atoms with Gasteiger partial charge in [-0.2, -0.15) is 13.2 Å². The molecule has 0 spiro atoms. The number of nitrogens with zero attached hydrogens (tertiary/aromatic N) is 2. The van der Waals surface area contributed by atoms with E-state index in [2.05, 4.69) is 9.80 Å². The van der Waals surface area contributed by atoms with Gasteiger partial charge in [-0.25, -0.2) is 0 Å². The number of hydrogen-bond acceptors (Lipinski definition) is 3. The molecule has 1 saturated heterocycles. The van der Waals surface area contributed by atoms with Gasteiger partial charge >= 0.3 is 6.18 Å². The zero-order valence-electron chi connectivity index (χ0n) is 14.8. The summed E-state index contributed by atoms with van der Waals surface area (Å²) in [5, 5.41) is 0. The molecule has 0 N–H and O–H groups in total. The van der Waals surface area contributed by atoms with E-state index >= 15 is 0 Å². The third-order valence-electron chi connectivity index (χ3n) is 5.25. The van der Waals surface area contributed by atoms with E-state index in [-0.39, 0.29) is 0 Å². The zero-order chi connectivity index (χ0) is 17.9. The third kappa shape index (κ3) is 5.03. The Morgan fingerprint density at radius 2 is 1.72 bits per heavy atom. The van der Waals surface area contributed by atoms with Gasteiger partial charge in [0, 0.05) is 32.2 Å². The highest BCUT2D eigenvalue weighted by Crippen LogP contribution is 2.32. The second-order valence-electron chi connectivity index (χ2n) is 7.19. The SMILES string of the molecule is Cc1ccc(OCC(F)(F)F)c(N2CCN(C3CCCCC3)CC2)c1. The summed E-state index contributed by atoms with van der Waals surface area (Å²) in [5.74, 6) is 0.328. The molecule has 0 unspecified atom stereocenters. The topological polar surface area (TPSA) is 15.7 Å². The van der Waals surface area contributed by atoms with Gasteiger partial charge in [-0.3, -0.25) is 4.90 Å². The first kappa shape index (κ1) is 18.4. The van der Waals surface area contributed by atoms with Crippen LogP contribution in [0.5, 0.6) is 5.75 Å². The van der Waals surface area contributed by atoms with Crippen LogP contribution in [-0.4, -0.2) is 49.9 Å². The molecule has 0 radical (unpaired) electrons. The minimum atomic E-state index is -4.32. The minimum Gasteiger partial charge on any atom is -0.482 e. The number of halogens is 3. The van der Waals surface area contributed by atoms with Gasteiger partial charge in [-0.15, -0.1) is 0 Å². The smallest absolute Gasteiger partial charge is 0.422 e. The van der Waals surface area contributed by atoms with Crippen molar-refractivity contribution in [3.8, 4) is 5.75 Å². The third-order valence-corrected chi connectivity index (χ3v) is 5.25. The molecule has 1 aliphatic heterocycles. The van der Waals surface area contributed by atoms with Crippen LogP contribution >= 0.6 is 0 Å². The van der Waals surface area contributed by atoms with E-state index in [1.54, 1.807) is 12.1 Å². The molecule has 1 aromatic rings. The molecule has 2 fully saturated rings. The number of hydrogen-bond donors (Lipinski definition) is 0. The van der Waals surface area contributed by atoms with E-state index in [0.29, 0.717) is 11.8 Å². The van der Waals surface area contributed by atoms with Crippen molar-refractivity contribution in [2.45, 2.75) is 51.2 Å². The van der Waals surface area contributed by atoms with Gasteiger partial charge in [0.1, 0.15) is 5.75 Å². The molecular weight excluding hydrogens is 329 g/mol. The fraction of sp³-hybridized carbons (Fsp3) is 0.684. The molecule has 0 aromatic heterocycles. The number of anilines is 1. The summed E-state index contributed by atoms with van der Waals surface area (Å²) in [6, 6.07) is 6.08. The number of ether oxygens (including phenoxy) is 1. The molecule has 0 amide bonds. The summed E-state index contributed by atoms with van der Waals surface area (Å²) in [6.45, 7) is 4.32. The first-order valence-corrected chi connectivity index (χ1v) is 9.21. The van der Waals surface area contributed by atoms with E-state index in [1.807, 2.05) is 13.0 Å². The van der Waals surface area contributed by atoms with Crippen molar-refractivity contribution in [3.05, 3.63) is 23.8 Å². The van der Waals surface area contributed by atoms with Crippen molar-refractivity contribution in [1.82, 2.24) is 4.90 Å². The molecule has 3 nitrogen and oxygen atoms in total. The number of rotatable bonds is 4.